The highest BCUT2D eigenvalue weighted by Crippen LogP contribution is 2.26. The summed E-state index contributed by atoms with van der Waals surface area (Å²) in [6.07, 6.45) is 4.76. The number of carbonyl (C=O) groups excluding carboxylic acids is 1. The molecule has 0 fully saturated rings. The zero-order chi connectivity index (χ0) is 20.9. The highest BCUT2D eigenvalue weighted by atomic mass is 79.9. The van der Waals surface area contributed by atoms with E-state index in [1.165, 1.54) is 12.4 Å². The van der Waals surface area contributed by atoms with Crippen LogP contribution in [0, 0.1) is 0 Å². The van der Waals surface area contributed by atoms with Crippen molar-refractivity contribution in [2.24, 2.45) is 0 Å². The normalized spacial score (nSPS) is 11.0. The number of nitrogens with zero attached hydrogens (tertiary/aromatic N) is 2. The van der Waals surface area contributed by atoms with Crippen LogP contribution >= 0.6 is 27.5 Å². The van der Waals surface area contributed by atoms with Crippen LogP contribution in [0.25, 0.3) is 17.0 Å². The Morgan fingerprint density at radius 1 is 0.967 bits per heavy atom. The average Bonchev–Trinajstić information content (AvgIpc) is 2.74. The Hall–Kier alpha value is -3.22. The van der Waals surface area contributed by atoms with E-state index < -0.39 is 0 Å². The molecule has 4 aromatic rings. The van der Waals surface area contributed by atoms with Crippen LogP contribution in [0.3, 0.4) is 0 Å². The van der Waals surface area contributed by atoms with E-state index in [2.05, 4.69) is 36.5 Å². The molecule has 0 aliphatic rings. The molecule has 4 rings (SSSR count). The number of anilines is 3. The lowest BCUT2D eigenvalue weighted by atomic mass is 10.2. The Bertz CT molecular complexity index is 1240. The molecule has 30 heavy (non-hydrogen) atoms. The molecule has 0 saturated carbocycles. The Balaban J connectivity index is 1.54. The summed E-state index contributed by atoms with van der Waals surface area (Å²) in [5.74, 6) is 0.405. The first-order valence-corrected chi connectivity index (χ1v) is 10.3. The van der Waals surface area contributed by atoms with Gasteiger partial charge < -0.3 is 10.6 Å². The van der Waals surface area contributed by atoms with Gasteiger partial charge in [-0.05, 0) is 60.2 Å². The van der Waals surface area contributed by atoms with Crippen molar-refractivity contribution in [1.82, 2.24) is 9.97 Å². The van der Waals surface area contributed by atoms with E-state index in [1.807, 2.05) is 60.7 Å². The largest absolute Gasteiger partial charge is 0.340 e. The predicted molar refractivity (Wildman–Crippen MR) is 126 cm³/mol. The molecular formula is C23H16BrClN4O. The topological polar surface area (TPSA) is 66.9 Å². The highest BCUT2D eigenvalue weighted by Gasteiger charge is 2.07. The first-order valence-electron chi connectivity index (χ1n) is 9.09. The van der Waals surface area contributed by atoms with Crippen LogP contribution in [-0.4, -0.2) is 15.9 Å². The average molecular weight is 480 g/mol. The Kier molecular flexibility index (Phi) is 6.07. The fourth-order valence-electron chi connectivity index (χ4n) is 2.87. The molecule has 7 heteroatoms. The molecule has 1 amide bonds. The minimum atomic E-state index is -0.224. The molecule has 0 unspecified atom stereocenters. The maximum Gasteiger partial charge on any atom is 0.248 e. The summed E-state index contributed by atoms with van der Waals surface area (Å²) in [6, 6.07) is 20.6. The Labute approximate surface area is 187 Å². The second-order valence-corrected chi connectivity index (χ2v) is 7.82. The van der Waals surface area contributed by atoms with Gasteiger partial charge in [0.25, 0.3) is 0 Å². The van der Waals surface area contributed by atoms with E-state index in [1.54, 1.807) is 12.1 Å². The number of rotatable bonds is 5. The van der Waals surface area contributed by atoms with E-state index in [0.717, 1.165) is 26.6 Å². The zero-order valence-corrected chi connectivity index (χ0v) is 18.0. The minimum absolute atomic E-state index is 0.224. The Morgan fingerprint density at radius 3 is 2.60 bits per heavy atom. The van der Waals surface area contributed by atoms with Crippen molar-refractivity contribution < 1.29 is 4.79 Å². The van der Waals surface area contributed by atoms with Gasteiger partial charge in [0, 0.05) is 32.3 Å². The SMILES string of the molecule is O=C(/C=C/c1ccc(Br)cc1)Nc1ccc2ncnc(Nc3cccc(Cl)c3)c2c1. The monoisotopic (exact) mass is 478 g/mol. The van der Waals surface area contributed by atoms with Crippen molar-refractivity contribution in [2.45, 2.75) is 0 Å². The molecule has 5 nitrogen and oxygen atoms in total. The van der Waals surface area contributed by atoms with Crippen molar-refractivity contribution >= 4 is 67.6 Å². The van der Waals surface area contributed by atoms with Crippen LogP contribution in [0.4, 0.5) is 17.2 Å². The molecular weight excluding hydrogens is 464 g/mol. The third-order valence-corrected chi connectivity index (χ3v) is 5.05. The number of carbonyl (C=O) groups is 1. The van der Waals surface area contributed by atoms with E-state index in [4.69, 9.17) is 11.6 Å². The summed E-state index contributed by atoms with van der Waals surface area (Å²) in [6.45, 7) is 0. The fraction of sp³-hybridized carbons (Fsp3) is 0. The zero-order valence-electron chi connectivity index (χ0n) is 15.6. The number of nitrogens with one attached hydrogen (secondary N) is 2. The molecule has 0 aliphatic heterocycles. The van der Waals surface area contributed by atoms with Crippen molar-refractivity contribution in [3.63, 3.8) is 0 Å². The van der Waals surface area contributed by atoms with Crippen LogP contribution in [0.1, 0.15) is 5.56 Å². The van der Waals surface area contributed by atoms with Crippen molar-refractivity contribution in [2.75, 3.05) is 10.6 Å². The maximum atomic E-state index is 12.3. The predicted octanol–water partition coefficient (Wildman–Crippen LogP) is 6.44. The molecule has 2 N–H and O–H groups in total. The van der Waals surface area contributed by atoms with Gasteiger partial charge in [0.15, 0.2) is 0 Å². The standard InChI is InChI=1S/C23H16BrClN4O/c24-16-7-4-15(5-8-16)6-11-22(30)28-19-9-10-21-20(13-19)23(27-14-26-21)29-18-3-1-2-17(25)12-18/h1-14H,(H,28,30)(H,26,27,29)/b11-6+. The van der Waals surface area contributed by atoms with Crippen LogP contribution in [-0.2, 0) is 4.79 Å². The summed E-state index contributed by atoms with van der Waals surface area (Å²) in [5.41, 5.74) is 3.16. The molecule has 0 saturated heterocycles. The molecule has 148 valence electrons. The summed E-state index contributed by atoms with van der Waals surface area (Å²) in [7, 11) is 0. The van der Waals surface area contributed by atoms with Gasteiger partial charge in [-0.2, -0.15) is 0 Å². The van der Waals surface area contributed by atoms with Gasteiger partial charge >= 0.3 is 0 Å². The lowest BCUT2D eigenvalue weighted by molar-refractivity contribution is -0.111. The van der Waals surface area contributed by atoms with E-state index >= 15 is 0 Å². The van der Waals surface area contributed by atoms with Gasteiger partial charge in [-0.3, -0.25) is 4.79 Å². The molecule has 0 atom stereocenters. The maximum absolute atomic E-state index is 12.3. The van der Waals surface area contributed by atoms with Crippen molar-refractivity contribution in [3.05, 3.63) is 94.2 Å². The molecule has 1 aromatic heterocycles. The third kappa shape index (κ3) is 5.03. The first-order chi connectivity index (χ1) is 14.6. The van der Waals surface area contributed by atoms with E-state index in [9.17, 15) is 4.79 Å². The van der Waals surface area contributed by atoms with Gasteiger partial charge in [0.1, 0.15) is 12.1 Å². The lowest BCUT2D eigenvalue weighted by Gasteiger charge is -2.10. The molecule has 0 aliphatic carbocycles. The minimum Gasteiger partial charge on any atom is -0.340 e. The summed E-state index contributed by atoms with van der Waals surface area (Å²) in [5, 5.41) is 7.54. The summed E-state index contributed by atoms with van der Waals surface area (Å²) < 4.78 is 0.990. The Morgan fingerprint density at radius 2 is 1.80 bits per heavy atom. The number of aromatic nitrogens is 2. The molecule has 1 heterocycles. The smallest absolute Gasteiger partial charge is 0.248 e. The van der Waals surface area contributed by atoms with Crippen LogP contribution in [0.2, 0.25) is 5.02 Å². The van der Waals surface area contributed by atoms with Crippen LogP contribution < -0.4 is 10.6 Å². The number of fused-ring (bicyclic) bond motifs is 1. The van der Waals surface area contributed by atoms with Gasteiger partial charge in [-0.15, -0.1) is 0 Å². The quantitative estimate of drug-likeness (QED) is 0.323. The molecule has 0 radical (unpaired) electrons. The lowest BCUT2D eigenvalue weighted by Crippen LogP contribution is -2.07. The number of halogens is 2. The van der Waals surface area contributed by atoms with E-state index in [0.29, 0.717) is 16.5 Å². The molecule has 0 spiro atoms. The van der Waals surface area contributed by atoms with Gasteiger partial charge in [-0.25, -0.2) is 9.97 Å². The summed E-state index contributed by atoms with van der Waals surface area (Å²) in [4.78, 5) is 21.0. The number of hydrogen-bond donors (Lipinski definition) is 2. The van der Waals surface area contributed by atoms with Crippen LogP contribution in [0.5, 0.6) is 0 Å². The first kappa shape index (κ1) is 20.1. The van der Waals surface area contributed by atoms with Crippen molar-refractivity contribution in [3.8, 4) is 0 Å². The van der Waals surface area contributed by atoms with Crippen molar-refractivity contribution in [1.29, 1.82) is 0 Å². The van der Waals surface area contributed by atoms with Gasteiger partial charge in [-0.1, -0.05) is 45.7 Å². The number of hydrogen-bond acceptors (Lipinski definition) is 4. The molecule has 3 aromatic carbocycles. The van der Waals surface area contributed by atoms with Crippen LogP contribution in [0.15, 0.2) is 83.6 Å². The number of amides is 1. The fourth-order valence-corrected chi connectivity index (χ4v) is 3.32. The third-order valence-electron chi connectivity index (χ3n) is 4.29. The second-order valence-electron chi connectivity index (χ2n) is 6.46. The van der Waals surface area contributed by atoms with E-state index in [-0.39, 0.29) is 5.91 Å². The number of benzene rings is 3. The highest BCUT2D eigenvalue weighted by molar-refractivity contribution is 9.10. The van der Waals surface area contributed by atoms with Gasteiger partial charge in [0.05, 0.1) is 5.52 Å². The van der Waals surface area contributed by atoms with Gasteiger partial charge in [0.2, 0.25) is 5.91 Å². The molecule has 0 bridgehead atoms. The summed E-state index contributed by atoms with van der Waals surface area (Å²) >= 11 is 9.46. The second kappa shape index (κ2) is 9.07.